The average molecular weight is 385 g/mol. The second kappa shape index (κ2) is 7.75. The maximum atomic E-state index is 10.7. The Hall–Kier alpha value is -0.750. The topological polar surface area (TPSA) is 67.5 Å². The fraction of sp³-hybridized carbons (Fsp3) is 0.0909. The van der Waals surface area contributed by atoms with Crippen molar-refractivity contribution in [3.63, 3.8) is 0 Å². The number of hydrogen-bond donors (Lipinski definition) is 2. The molecule has 1 rings (SSSR count). The summed E-state index contributed by atoms with van der Waals surface area (Å²) in [6.45, 7) is 0. The molecule has 0 radical (unpaired) electrons. The molecule has 102 valence electrons. The highest BCUT2D eigenvalue weighted by Crippen LogP contribution is 2.23. The lowest BCUT2D eigenvalue weighted by Crippen LogP contribution is -2.26. The number of halogens is 4. The van der Waals surface area contributed by atoms with Gasteiger partial charge in [-0.25, -0.2) is 10.2 Å². The summed E-state index contributed by atoms with van der Waals surface area (Å²) in [5, 5.41) is 4.11. The summed E-state index contributed by atoms with van der Waals surface area (Å²) in [4.78, 5) is 10.7. The number of rotatable bonds is 4. The number of hydrazone groups is 1. The van der Waals surface area contributed by atoms with Crippen molar-refractivity contribution in [1.29, 1.82) is 0 Å². The van der Waals surface area contributed by atoms with Crippen LogP contribution in [0.5, 0.6) is 0 Å². The molecule has 1 aromatic rings. The predicted octanol–water partition coefficient (Wildman–Crippen LogP) is 4.10. The Morgan fingerprint density at radius 3 is 2.32 bits per heavy atom. The smallest absolute Gasteiger partial charge is 0.332 e. The van der Waals surface area contributed by atoms with Crippen LogP contribution in [0.25, 0.3) is 0 Å². The summed E-state index contributed by atoms with van der Waals surface area (Å²) in [7, 11) is 0. The van der Waals surface area contributed by atoms with Crippen LogP contribution in [0.1, 0.15) is 12.0 Å². The fourth-order valence-corrected chi connectivity index (χ4v) is 1.71. The third-order valence-corrected chi connectivity index (χ3v) is 3.51. The van der Waals surface area contributed by atoms with Crippen molar-refractivity contribution < 1.29 is 4.79 Å². The second-order valence-electron chi connectivity index (χ2n) is 3.38. The first kappa shape index (κ1) is 16.3. The highest BCUT2D eigenvalue weighted by molar-refractivity contribution is 9.10. The minimum absolute atomic E-state index is 0.0504. The largest absolute Gasteiger partial charge is 0.350 e. The standard InChI is InChI=1S/C11H9BrCl3N3O/c12-7-3-1-6(2-4-7)9(17-18-11(16)19)5-8(13)10(14)15/h1-4H,5H2,(H3,16,18,19). The van der Waals surface area contributed by atoms with Crippen molar-refractivity contribution in [1.82, 2.24) is 5.43 Å². The molecule has 1 aromatic carbocycles. The first-order chi connectivity index (χ1) is 8.90. The van der Waals surface area contributed by atoms with Gasteiger partial charge in [0.1, 0.15) is 4.49 Å². The van der Waals surface area contributed by atoms with Gasteiger partial charge in [-0.05, 0) is 17.7 Å². The number of carbonyl (C=O) groups is 1. The Bertz CT molecular complexity index is 524. The van der Waals surface area contributed by atoms with Crippen molar-refractivity contribution >= 4 is 62.5 Å². The van der Waals surface area contributed by atoms with E-state index in [1.54, 1.807) is 12.1 Å². The van der Waals surface area contributed by atoms with Gasteiger partial charge in [0.15, 0.2) is 0 Å². The minimum atomic E-state index is -0.772. The number of amides is 2. The van der Waals surface area contributed by atoms with Gasteiger partial charge >= 0.3 is 6.03 Å². The molecule has 2 amide bonds. The Kier molecular flexibility index (Phi) is 6.65. The number of nitrogens with two attached hydrogens (primary N) is 1. The number of nitrogens with one attached hydrogen (secondary N) is 1. The third-order valence-electron chi connectivity index (χ3n) is 2.01. The van der Waals surface area contributed by atoms with Crippen LogP contribution in [0.4, 0.5) is 4.79 Å². The van der Waals surface area contributed by atoms with Crippen LogP contribution in [-0.4, -0.2) is 11.7 Å². The molecule has 4 nitrogen and oxygen atoms in total. The number of carbonyl (C=O) groups excluding carboxylic acids is 1. The number of primary amides is 1. The Morgan fingerprint density at radius 1 is 1.26 bits per heavy atom. The molecule has 0 unspecified atom stereocenters. The van der Waals surface area contributed by atoms with E-state index in [1.807, 2.05) is 12.1 Å². The SMILES string of the molecule is NC(=O)NN=C(CC(Cl)=C(Cl)Cl)c1ccc(Br)cc1. The first-order valence-electron chi connectivity index (χ1n) is 4.97. The molecule has 0 fully saturated rings. The number of allylic oxidation sites excluding steroid dienone is 1. The van der Waals surface area contributed by atoms with Crippen LogP contribution in [0.2, 0.25) is 0 Å². The van der Waals surface area contributed by atoms with Crippen molar-refractivity contribution in [3.8, 4) is 0 Å². The summed E-state index contributed by atoms with van der Waals surface area (Å²) >= 11 is 20.4. The molecule has 0 heterocycles. The van der Waals surface area contributed by atoms with Crippen LogP contribution in [-0.2, 0) is 0 Å². The van der Waals surface area contributed by atoms with Crippen molar-refractivity contribution in [3.05, 3.63) is 43.8 Å². The van der Waals surface area contributed by atoms with E-state index >= 15 is 0 Å². The van der Waals surface area contributed by atoms with Gasteiger partial charge in [0.2, 0.25) is 0 Å². The van der Waals surface area contributed by atoms with Crippen molar-refractivity contribution in [2.75, 3.05) is 0 Å². The maximum Gasteiger partial charge on any atom is 0.332 e. The Morgan fingerprint density at radius 2 is 1.84 bits per heavy atom. The molecule has 0 spiro atoms. The molecule has 0 aliphatic heterocycles. The van der Waals surface area contributed by atoms with Gasteiger partial charge < -0.3 is 5.73 Å². The van der Waals surface area contributed by atoms with Gasteiger partial charge in [0.05, 0.1) is 10.7 Å². The Labute approximate surface area is 133 Å². The highest BCUT2D eigenvalue weighted by atomic mass is 79.9. The number of benzene rings is 1. The molecular formula is C11H9BrCl3N3O. The molecule has 0 atom stereocenters. The zero-order valence-corrected chi connectivity index (χ0v) is 13.3. The van der Waals surface area contributed by atoms with E-state index in [4.69, 9.17) is 40.5 Å². The van der Waals surface area contributed by atoms with Crippen LogP contribution in [0, 0.1) is 0 Å². The van der Waals surface area contributed by atoms with Crippen molar-refractivity contribution in [2.24, 2.45) is 10.8 Å². The van der Waals surface area contributed by atoms with Gasteiger partial charge in [-0.15, -0.1) is 0 Å². The van der Waals surface area contributed by atoms with Crippen molar-refractivity contribution in [2.45, 2.75) is 6.42 Å². The van der Waals surface area contributed by atoms with Gasteiger partial charge in [0.25, 0.3) is 0 Å². The molecule has 3 N–H and O–H groups in total. The maximum absolute atomic E-state index is 10.7. The normalized spacial score (nSPS) is 11.1. The van der Waals surface area contributed by atoms with Crippen LogP contribution in [0.3, 0.4) is 0 Å². The highest BCUT2D eigenvalue weighted by Gasteiger charge is 2.09. The molecule has 0 aliphatic carbocycles. The lowest BCUT2D eigenvalue weighted by Gasteiger charge is -2.07. The molecule has 0 saturated carbocycles. The number of hydrogen-bond acceptors (Lipinski definition) is 2. The second-order valence-corrected chi connectivity index (χ2v) is 5.70. The van der Waals surface area contributed by atoms with Gasteiger partial charge in [-0.2, -0.15) is 5.10 Å². The predicted molar refractivity (Wildman–Crippen MR) is 82.6 cm³/mol. The third kappa shape index (κ3) is 5.82. The average Bonchev–Trinajstić information content (AvgIpc) is 2.35. The zero-order valence-electron chi connectivity index (χ0n) is 9.46. The zero-order chi connectivity index (χ0) is 14.4. The first-order valence-corrected chi connectivity index (χ1v) is 6.90. The number of urea groups is 1. The fourth-order valence-electron chi connectivity index (χ4n) is 1.18. The van der Waals surface area contributed by atoms with E-state index in [9.17, 15) is 4.79 Å². The molecule has 0 bridgehead atoms. The lowest BCUT2D eigenvalue weighted by molar-refractivity contribution is 0.249. The molecular weight excluding hydrogens is 376 g/mol. The van der Waals surface area contributed by atoms with Gasteiger partial charge in [0, 0.05) is 10.9 Å². The monoisotopic (exact) mass is 383 g/mol. The minimum Gasteiger partial charge on any atom is -0.350 e. The lowest BCUT2D eigenvalue weighted by atomic mass is 10.1. The summed E-state index contributed by atoms with van der Waals surface area (Å²) in [5.74, 6) is 0. The summed E-state index contributed by atoms with van der Waals surface area (Å²) < 4.78 is 0.862. The quantitative estimate of drug-likeness (QED) is 0.595. The van der Waals surface area contributed by atoms with E-state index in [0.717, 1.165) is 10.0 Å². The molecule has 0 saturated heterocycles. The molecule has 0 aromatic heterocycles. The van der Waals surface area contributed by atoms with Crippen LogP contribution in [0.15, 0.2) is 43.4 Å². The van der Waals surface area contributed by atoms with E-state index < -0.39 is 6.03 Å². The summed E-state index contributed by atoms with van der Waals surface area (Å²) in [6, 6.07) is 6.49. The van der Waals surface area contributed by atoms with E-state index in [1.165, 1.54) is 0 Å². The van der Waals surface area contributed by atoms with Crippen LogP contribution < -0.4 is 11.2 Å². The molecule has 8 heteroatoms. The molecule has 0 aliphatic rings. The van der Waals surface area contributed by atoms with E-state index in [2.05, 4.69) is 26.5 Å². The Balaban J connectivity index is 3.05. The summed E-state index contributed by atoms with van der Waals surface area (Å²) in [6.07, 6.45) is 0.172. The molecule has 19 heavy (non-hydrogen) atoms. The van der Waals surface area contributed by atoms with Gasteiger partial charge in [-0.3, -0.25) is 0 Å². The van der Waals surface area contributed by atoms with Gasteiger partial charge in [-0.1, -0.05) is 62.9 Å². The number of nitrogens with zero attached hydrogens (tertiary/aromatic N) is 1. The van der Waals surface area contributed by atoms with Crippen LogP contribution >= 0.6 is 50.7 Å². The van der Waals surface area contributed by atoms with E-state index in [-0.39, 0.29) is 15.9 Å². The van der Waals surface area contributed by atoms with E-state index in [0.29, 0.717) is 5.71 Å². The summed E-state index contributed by atoms with van der Waals surface area (Å²) in [5.41, 5.74) is 8.36.